The third kappa shape index (κ3) is 1.89. The van der Waals surface area contributed by atoms with E-state index in [0.29, 0.717) is 6.04 Å². The van der Waals surface area contributed by atoms with E-state index < -0.39 is 0 Å². The minimum Gasteiger partial charge on any atom is -0.358 e. The van der Waals surface area contributed by atoms with Crippen LogP contribution in [-0.2, 0) is 0 Å². The first-order valence-electron chi connectivity index (χ1n) is 6.17. The largest absolute Gasteiger partial charge is 0.358 e. The molecule has 0 bridgehead atoms. The van der Waals surface area contributed by atoms with Crippen LogP contribution in [0.25, 0.3) is 0 Å². The molecule has 2 heterocycles. The summed E-state index contributed by atoms with van der Waals surface area (Å²) >= 11 is 0. The van der Waals surface area contributed by atoms with E-state index in [1.54, 1.807) is 0 Å². The van der Waals surface area contributed by atoms with Crippen molar-refractivity contribution in [3.8, 4) is 0 Å². The molecule has 0 N–H and O–H groups in total. The van der Waals surface area contributed by atoms with E-state index in [-0.39, 0.29) is 0 Å². The van der Waals surface area contributed by atoms with Gasteiger partial charge >= 0.3 is 0 Å². The van der Waals surface area contributed by atoms with E-state index in [9.17, 15) is 0 Å². The van der Waals surface area contributed by atoms with Gasteiger partial charge in [0.05, 0.1) is 6.04 Å². The molecule has 1 atom stereocenters. The van der Waals surface area contributed by atoms with Crippen LogP contribution in [0.15, 0.2) is 36.8 Å². The smallest absolute Gasteiger partial charge is 0.101 e. The molecule has 2 rings (SSSR count). The van der Waals surface area contributed by atoms with E-state index in [0.717, 1.165) is 25.3 Å². The molecule has 0 aromatic heterocycles. The van der Waals surface area contributed by atoms with Crippen LogP contribution in [0.4, 0.5) is 0 Å². The molecule has 0 saturated carbocycles. The van der Waals surface area contributed by atoms with Gasteiger partial charge in [-0.2, -0.15) is 0 Å². The Kier molecular flexibility index (Phi) is 3.08. The monoisotopic (exact) mass is 218 g/mol. The Hall–Kier alpha value is -1.18. The van der Waals surface area contributed by atoms with Crippen LogP contribution in [0.5, 0.6) is 0 Å². The zero-order valence-corrected chi connectivity index (χ0v) is 10.3. The summed E-state index contributed by atoms with van der Waals surface area (Å²) in [6, 6.07) is 0.432. The van der Waals surface area contributed by atoms with Crippen LogP contribution in [0.3, 0.4) is 0 Å². The molecule has 0 spiro atoms. The number of nitrogens with zero attached hydrogens (tertiary/aromatic N) is 2. The van der Waals surface area contributed by atoms with Gasteiger partial charge in [-0.15, -0.1) is 0 Å². The number of hydrogen-bond acceptors (Lipinski definition) is 2. The molecule has 0 aliphatic carbocycles. The molecule has 0 aromatic carbocycles. The second kappa shape index (κ2) is 4.36. The first kappa shape index (κ1) is 11.3. The third-order valence-electron chi connectivity index (χ3n) is 3.65. The van der Waals surface area contributed by atoms with Crippen molar-refractivity contribution in [3.05, 3.63) is 36.8 Å². The molecule has 0 aromatic rings. The van der Waals surface area contributed by atoms with Gasteiger partial charge in [-0.1, -0.05) is 25.3 Å². The minimum absolute atomic E-state index is 0.432. The Balaban J connectivity index is 2.02. The number of rotatable bonds is 3. The second-order valence-corrected chi connectivity index (χ2v) is 4.97. The van der Waals surface area contributed by atoms with Gasteiger partial charge in [0, 0.05) is 25.2 Å². The van der Waals surface area contributed by atoms with Gasteiger partial charge in [0.2, 0.25) is 0 Å². The van der Waals surface area contributed by atoms with Gasteiger partial charge in [0.1, 0.15) is 5.82 Å². The summed E-state index contributed by atoms with van der Waals surface area (Å²) in [5.41, 5.74) is 2.40. The Labute approximate surface area is 98.9 Å². The standard InChI is InChI=1S/C14H22N2/c1-11(2)14-10-12(3)16(14)13(4)15-8-6-5-7-9-15/h14H,1,3-10H2,2H3. The average molecular weight is 218 g/mol. The summed E-state index contributed by atoms with van der Waals surface area (Å²) < 4.78 is 0. The maximum Gasteiger partial charge on any atom is 0.101 e. The van der Waals surface area contributed by atoms with Crippen LogP contribution in [-0.4, -0.2) is 28.9 Å². The van der Waals surface area contributed by atoms with Crippen molar-refractivity contribution in [1.29, 1.82) is 0 Å². The van der Waals surface area contributed by atoms with E-state index in [4.69, 9.17) is 0 Å². The zero-order valence-electron chi connectivity index (χ0n) is 10.3. The molecule has 2 saturated heterocycles. The van der Waals surface area contributed by atoms with Gasteiger partial charge in [0.15, 0.2) is 0 Å². The topological polar surface area (TPSA) is 6.48 Å². The third-order valence-corrected chi connectivity index (χ3v) is 3.65. The molecule has 2 heteroatoms. The number of piperidine rings is 1. The summed E-state index contributed by atoms with van der Waals surface area (Å²) in [7, 11) is 0. The lowest BCUT2D eigenvalue weighted by Gasteiger charge is -2.49. The Morgan fingerprint density at radius 2 is 1.81 bits per heavy atom. The molecule has 0 amide bonds. The molecule has 2 nitrogen and oxygen atoms in total. The molecule has 2 aliphatic rings. The SMILES string of the molecule is C=C(C)C1CC(=C)N1C(=C)N1CCCCC1. The van der Waals surface area contributed by atoms with Crippen molar-refractivity contribution in [3.63, 3.8) is 0 Å². The van der Waals surface area contributed by atoms with Crippen molar-refractivity contribution in [2.45, 2.75) is 38.6 Å². The predicted octanol–water partition coefficient (Wildman–Crippen LogP) is 3.11. The van der Waals surface area contributed by atoms with Crippen molar-refractivity contribution < 1.29 is 0 Å². The molecular weight excluding hydrogens is 196 g/mol. The Morgan fingerprint density at radius 1 is 1.19 bits per heavy atom. The van der Waals surface area contributed by atoms with E-state index in [2.05, 4.69) is 36.5 Å². The van der Waals surface area contributed by atoms with Crippen LogP contribution >= 0.6 is 0 Å². The first-order chi connectivity index (χ1) is 7.61. The fourth-order valence-corrected chi connectivity index (χ4v) is 2.58. The fraction of sp³-hybridized carbons (Fsp3) is 0.571. The molecule has 2 aliphatic heterocycles. The van der Waals surface area contributed by atoms with Gasteiger partial charge in [-0.05, 0) is 26.2 Å². The van der Waals surface area contributed by atoms with Crippen molar-refractivity contribution in [2.75, 3.05) is 13.1 Å². The fourth-order valence-electron chi connectivity index (χ4n) is 2.58. The number of likely N-dealkylation sites (tertiary alicyclic amines) is 2. The van der Waals surface area contributed by atoms with E-state index in [1.165, 1.54) is 30.5 Å². The lowest BCUT2D eigenvalue weighted by Crippen LogP contribution is -2.49. The van der Waals surface area contributed by atoms with E-state index >= 15 is 0 Å². The van der Waals surface area contributed by atoms with Crippen molar-refractivity contribution >= 4 is 0 Å². The normalized spacial score (nSPS) is 25.3. The molecule has 88 valence electrons. The van der Waals surface area contributed by atoms with Gasteiger partial charge in [-0.25, -0.2) is 0 Å². The summed E-state index contributed by atoms with van der Waals surface area (Å²) in [6.45, 7) is 16.7. The highest BCUT2D eigenvalue weighted by Gasteiger charge is 2.35. The Morgan fingerprint density at radius 3 is 2.31 bits per heavy atom. The highest BCUT2D eigenvalue weighted by Crippen LogP contribution is 2.37. The minimum atomic E-state index is 0.432. The maximum absolute atomic E-state index is 4.23. The molecular formula is C14H22N2. The summed E-state index contributed by atoms with van der Waals surface area (Å²) in [4.78, 5) is 4.65. The second-order valence-electron chi connectivity index (χ2n) is 4.97. The van der Waals surface area contributed by atoms with Crippen LogP contribution in [0.2, 0.25) is 0 Å². The first-order valence-corrected chi connectivity index (χ1v) is 6.17. The van der Waals surface area contributed by atoms with Crippen LogP contribution in [0.1, 0.15) is 32.6 Å². The van der Waals surface area contributed by atoms with Gasteiger partial charge in [0.25, 0.3) is 0 Å². The summed E-state index contributed by atoms with van der Waals surface area (Å²) in [6.07, 6.45) is 4.98. The lowest BCUT2D eigenvalue weighted by molar-refractivity contribution is 0.144. The number of hydrogen-bond donors (Lipinski definition) is 0. The molecule has 1 unspecified atom stereocenters. The molecule has 2 fully saturated rings. The average Bonchev–Trinajstić information content (AvgIpc) is 2.26. The predicted molar refractivity (Wildman–Crippen MR) is 68.8 cm³/mol. The quantitative estimate of drug-likeness (QED) is 0.672. The highest BCUT2D eigenvalue weighted by molar-refractivity contribution is 5.27. The van der Waals surface area contributed by atoms with Gasteiger partial charge < -0.3 is 9.80 Å². The van der Waals surface area contributed by atoms with E-state index in [1.807, 2.05) is 0 Å². The zero-order chi connectivity index (χ0) is 11.7. The van der Waals surface area contributed by atoms with Crippen LogP contribution < -0.4 is 0 Å². The maximum atomic E-state index is 4.23. The van der Waals surface area contributed by atoms with Crippen molar-refractivity contribution in [1.82, 2.24) is 9.80 Å². The Bertz CT molecular complexity index is 324. The molecule has 16 heavy (non-hydrogen) atoms. The summed E-state index contributed by atoms with van der Waals surface area (Å²) in [5.74, 6) is 1.13. The lowest BCUT2D eigenvalue weighted by atomic mass is 9.93. The summed E-state index contributed by atoms with van der Waals surface area (Å²) in [5, 5.41) is 0. The van der Waals surface area contributed by atoms with Crippen LogP contribution in [0, 0.1) is 0 Å². The van der Waals surface area contributed by atoms with Crippen molar-refractivity contribution in [2.24, 2.45) is 0 Å². The van der Waals surface area contributed by atoms with Gasteiger partial charge in [-0.3, -0.25) is 0 Å². The molecule has 0 radical (unpaired) electrons. The highest BCUT2D eigenvalue weighted by atomic mass is 15.4.